The van der Waals surface area contributed by atoms with Crippen molar-refractivity contribution in [3.05, 3.63) is 143 Å². The minimum absolute atomic E-state index is 0.114. The summed E-state index contributed by atoms with van der Waals surface area (Å²) in [5.74, 6) is 0. The van der Waals surface area contributed by atoms with E-state index in [4.69, 9.17) is 4.36 Å². The van der Waals surface area contributed by atoms with Crippen molar-refractivity contribution < 1.29 is 4.21 Å². The van der Waals surface area contributed by atoms with Crippen LogP contribution in [0.2, 0.25) is 0 Å². The van der Waals surface area contributed by atoms with Crippen LogP contribution < -0.4 is 0 Å². The van der Waals surface area contributed by atoms with Gasteiger partial charge in [0, 0.05) is 16.4 Å². The molecular formula is C38H31NOS. The molecule has 3 aliphatic rings. The van der Waals surface area contributed by atoms with Crippen molar-refractivity contribution in [1.82, 2.24) is 0 Å². The van der Waals surface area contributed by atoms with Gasteiger partial charge in [0.25, 0.3) is 0 Å². The van der Waals surface area contributed by atoms with E-state index in [0.29, 0.717) is 0 Å². The van der Waals surface area contributed by atoms with Crippen LogP contribution in [0, 0.1) is 0 Å². The van der Waals surface area contributed by atoms with E-state index in [0.717, 1.165) is 26.6 Å². The standard InChI is InChI=1S/C38H31NOS/c1-37(2)31-14-8-6-12-27(31)29-19-17-24(21-33(29)37)35-22-25-11-5-10-16-36(25)41(40,39-35)26-18-20-30-28-13-7-9-15-32(28)38(3,4)34(30)23-26/h5-23H,1-4H3. The molecule has 1 unspecified atom stereocenters. The lowest BCUT2D eigenvalue weighted by Crippen LogP contribution is -2.16. The van der Waals surface area contributed by atoms with Crippen LogP contribution in [0.5, 0.6) is 0 Å². The normalized spacial score (nSPS) is 20.1. The Kier molecular flexibility index (Phi) is 4.90. The van der Waals surface area contributed by atoms with Crippen molar-refractivity contribution in [2.45, 2.75) is 48.3 Å². The number of fused-ring (bicyclic) bond motifs is 7. The monoisotopic (exact) mass is 549 g/mol. The first-order chi connectivity index (χ1) is 19.7. The van der Waals surface area contributed by atoms with Crippen molar-refractivity contribution >= 4 is 21.5 Å². The van der Waals surface area contributed by atoms with Gasteiger partial charge in [-0.25, -0.2) is 4.21 Å². The molecule has 8 rings (SSSR count). The minimum atomic E-state index is -2.92. The van der Waals surface area contributed by atoms with Crippen molar-refractivity contribution in [1.29, 1.82) is 0 Å². The first-order valence-corrected chi connectivity index (χ1v) is 15.8. The SMILES string of the molecule is CC1(C)c2ccccc2-c2ccc(C3=Cc4ccccc4S(=O)(c4ccc5c(c4)C(C)(C)c4ccccc4-5)=N3)cc21. The van der Waals surface area contributed by atoms with Gasteiger partial charge in [-0.1, -0.05) is 113 Å². The second-order valence-electron chi connectivity index (χ2n) is 12.5. The zero-order chi connectivity index (χ0) is 28.1. The first-order valence-electron chi connectivity index (χ1n) is 14.3. The molecule has 0 aromatic heterocycles. The predicted octanol–water partition coefficient (Wildman–Crippen LogP) is 9.70. The number of nitrogens with zero attached hydrogens (tertiary/aromatic N) is 1. The molecule has 0 bridgehead atoms. The largest absolute Gasteiger partial charge is 0.239 e. The molecule has 41 heavy (non-hydrogen) atoms. The van der Waals surface area contributed by atoms with Gasteiger partial charge in [0.05, 0.1) is 15.5 Å². The van der Waals surface area contributed by atoms with E-state index in [2.05, 4.69) is 119 Å². The molecule has 0 amide bonds. The van der Waals surface area contributed by atoms with Gasteiger partial charge in [0.1, 0.15) is 9.73 Å². The predicted molar refractivity (Wildman–Crippen MR) is 169 cm³/mol. The number of hydrogen-bond acceptors (Lipinski definition) is 2. The molecule has 0 saturated carbocycles. The lowest BCUT2D eigenvalue weighted by atomic mass is 9.82. The first kappa shape index (κ1) is 24.6. The zero-order valence-corrected chi connectivity index (χ0v) is 24.5. The highest BCUT2D eigenvalue weighted by Gasteiger charge is 2.38. The fourth-order valence-electron chi connectivity index (χ4n) is 7.25. The van der Waals surface area contributed by atoms with E-state index in [1.54, 1.807) is 0 Å². The number of hydrogen-bond donors (Lipinski definition) is 0. The van der Waals surface area contributed by atoms with Crippen LogP contribution in [0.4, 0.5) is 0 Å². The van der Waals surface area contributed by atoms with Crippen LogP contribution in [0.15, 0.2) is 123 Å². The Labute approximate surface area is 242 Å². The third-order valence-corrected chi connectivity index (χ3v) is 11.8. The van der Waals surface area contributed by atoms with Gasteiger partial charge in [-0.2, -0.15) is 4.36 Å². The molecule has 0 fully saturated rings. The number of benzene rings is 5. The Bertz CT molecular complexity index is 2100. The van der Waals surface area contributed by atoms with E-state index in [-0.39, 0.29) is 10.8 Å². The van der Waals surface area contributed by atoms with E-state index in [1.165, 1.54) is 44.5 Å². The molecule has 200 valence electrons. The summed E-state index contributed by atoms with van der Waals surface area (Å²) in [6.45, 7) is 9.10. The molecule has 5 aromatic rings. The molecule has 5 aromatic carbocycles. The van der Waals surface area contributed by atoms with E-state index < -0.39 is 9.73 Å². The average Bonchev–Trinajstić information content (AvgIpc) is 3.36. The van der Waals surface area contributed by atoms with Crippen LogP contribution in [-0.2, 0) is 20.6 Å². The summed E-state index contributed by atoms with van der Waals surface area (Å²) in [6, 6.07) is 38.3. The second-order valence-corrected chi connectivity index (χ2v) is 14.6. The quantitative estimate of drug-likeness (QED) is 0.215. The maximum absolute atomic E-state index is 15.2. The highest BCUT2D eigenvalue weighted by Crippen LogP contribution is 2.51. The van der Waals surface area contributed by atoms with Gasteiger partial charge in [-0.15, -0.1) is 0 Å². The van der Waals surface area contributed by atoms with E-state index in [1.807, 2.05) is 24.3 Å². The molecule has 2 aliphatic carbocycles. The molecule has 0 saturated heterocycles. The van der Waals surface area contributed by atoms with Gasteiger partial charge in [-0.3, -0.25) is 0 Å². The fourth-order valence-corrected chi connectivity index (χ4v) is 9.38. The van der Waals surface area contributed by atoms with Crippen LogP contribution in [0.25, 0.3) is 34.0 Å². The summed E-state index contributed by atoms with van der Waals surface area (Å²) in [4.78, 5) is 1.55. The highest BCUT2D eigenvalue weighted by atomic mass is 32.2. The van der Waals surface area contributed by atoms with Crippen LogP contribution >= 0.6 is 0 Å². The molecule has 2 nitrogen and oxygen atoms in total. The molecule has 0 N–H and O–H groups in total. The Morgan fingerprint density at radius 3 is 1.78 bits per heavy atom. The van der Waals surface area contributed by atoms with Crippen molar-refractivity contribution in [2.75, 3.05) is 0 Å². The van der Waals surface area contributed by atoms with Crippen molar-refractivity contribution in [2.24, 2.45) is 4.36 Å². The summed E-state index contributed by atoms with van der Waals surface area (Å²) in [6.07, 6.45) is 2.10. The summed E-state index contributed by atoms with van der Waals surface area (Å²) >= 11 is 0. The Morgan fingerprint density at radius 2 is 1.10 bits per heavy atom. The van der Waals surface area contributed by atoms with E-state index >= 15 is 4.21 Å². The van der Waals surface area contributed by atoms with Crippen LogP contribution in [0.1, 0.15) is 61.1 Å². The zero-order valence-electron chi connectivity index (χ0n) is 23.7. The molecule has 1 heterocycles. The van der Waals surface area contributed by atoms with Gasteiger partial charge >= 0.3 is 0 Å². The summed E-state index contributed by atoms with van der Waals surface area (Å²) in [5.41, 5.74) is 12.6. The van der Waals surface area contributed by atoms with Gasteiger partial charge in [0.15, 0.2) is 0 Å². The Hall–Kier alpha value is -4.21. The smallest absolute Gasteiger partial charge is 0.109 e. The molecular weight excluding hydrogens is 518 g/mol. The lowest BCUT2D eigenvalue weighted by molar-refractivity contribution is 0.656. The average molecular weight is 550 g/mol. The van der Waals surface area contributed by atoms with Crippen LogP contribution in [-0.4, -0.2) is 4.21 Å². The second kappa shape index (κ2) is 8.18. The van der Waals surface area contributed by atoms with Gasteiger partial charge < -0.3 is 0 Å². The molecule has 1 atom stereocenters. The summed E-state index contributed by atoms with van der Waals surface area (Å²) in [7, 11) is -2.92. The third kappa shape index (κ3) is 3.27. The van der Waals surface area contributed by atoms with Crippen molar-refractivity contribution in [3.63, 3.8) is 0 Å². The highest BCUT2D eigenvalue weighted by molar-refractivity contribution is 7.94. The molecule has 0 radical (unpaired) electrons. The third-order valence-electron chi connectivity index (χ3n) is 9.49. The van der Waals surface area contributed by atoms with Gasteiger partial charge in [0.2, 0.25) is 0 Å². The summed E-state index contributed by atoms with van der Waals surface area (Å²) < 4.78 is 20.4. The van der Waals surface area contributed by atoms with E-state index in [9.17, 15) is 0 Å². The van der Waals surface area contributed by atoms with Gasteiger partial charge in [-0.05, 0) is 80.4 Å². The lowest BCUT2D eigenvalue weighted by Gasteiger charge is -2.24. The topological polar surface area (TPSA) is 29.4 Å². The minimum Gasteiger partial charge on any atom is -0.239 e. The molecule has 0 spiro atoms. The van der Waals surface area contributed by atoms with Crippen molar-refractivity contribution in [3.8, 4) is 22.3 Å². The Morgan fingerprint density at radius 1 is 0.561 bits per heavy atom. The molecule has 3 heteroatoms. The summed E-state index contributed by atoms with van der Waals surface area (Å²) in [5, 5.41) is 0. The van der Waals surface area contributed by atoms with Crippen LogP contribution in [0.3, 0.4) is 0 Å². The Balaban J connectivity index is 1.32. The fraction of sp³-hybridized carbons (Fsp3) is 0.158. The number of rotatable bonds is 2. The maximum Gasteiger partial charge on any atom is 0.109 e. The maximum atomic E-state index is 15.2. The molecule has 1 aliphatic heterocycles.